The van der Waals surface area contributed by atoms with E-state index in [1.54, 1.807) is 42.5 Å². The van der Waals surface area contributed by atoms with Gasteiger partial charge in [-0.1, -0.05) is 24.3 Å². The largest absolute Gasteiger partial charge is 0.398 e. The molecule has 0 aliphatic carbocycles. The molecule has 1 amide bonds. The molecule has 0 aromatic heterocycles. The normalized spacial score (nSPS) is 10.1. The van der Waals surface area contributed by atoms with Crippen molar-refractivity contribution in [1.29, 1.82) is 0 Å². The number of halogens is 1. The third kappa shape index (κ3) is 2.18. The molecule has 0 aliphatic heterocycles. The van der Waals surface area contributed by atoms with E-state index in [0.717, 1.165) is 0 Å². The van der Waals surface area contributed by atoms with Crippen LogP contribution in [0.25, 0.3) is 0 Å². The van der Waals surface area contributed by atoms with Gasteiger partial charge >= 0.3 is 0 Å². The number of nitrogens with two attached hydrogens (primary N) is 1. The molecule has 2 N–H and O–H groups in total. The summed E-state index contributed by atoms with van der Waals surface area (Å²) in [5.41, 5.74) is 6.71. The Kier molecular flexibility index (Phi) is 3.28. The van der Waals surface area contributed by atoms with Gasteiger partial charge in [-0.25, -0.2) is 4.39 Å². The summed E-state index contributed by atoms with van der Waals surface area (Å²) in [7, 11) is 1.52. The molecule has 0 spiro atoms. The van der Waals surface area contributed by atoms with Crippen LogP contribution in [-0.4, -0.2) is 13.0 Å². The van der Waals surface area contributed by atoms with E-state index in [4.69, 9.17) is 5.73 Å². The van der Waals surface area contributed by atoms with Gasteiger partial charge in [-0.2, -0.15) is 0 Å². The van der Waals surface area contributed by atoms with E-state index in [1.165, 1.54) is 18.0 Å². The fourth-order valence-corrected chi connectivity index (χ4v) is 1.71. The first-order chi connectivity index (χ1) is 8.61. The predicted octanol–water partition coefficient (Wildman–Crippen LogP) is 2.68. The van der Waals surface area contributed by atoms with Crippen molar-refractivity contribution in [3.8, 4) is 0 Å². The summed E-state index contributed by atoms with van der Waals surface area (Å²) in [5.74, 6) is -0.777. The minimum atomic E-state index is -0.442. The van der Waals surface area contributed by atoms with E-state index in [-0.39, 0.29) is 11.6 Å². The Hall–Kier alpha value is -2.36. The van der Waals surface area contributed by atoms with E-state index in [2.05, 4.69) is 0 Å². The van der Waals surface area contributed by atoms with Crippen molar-refractivity contribution >= 4 is 17.3 Å². The number of para-hydroxylation sites is 2. The monoisotopic (exact) mass is 244 g/mol. The molecule has 2 aromatic rings. The number of hydrogen-bond acceptors (Lipinski definition) is 2. The summed E-state index contributed by atoms with van der Waals surface area (Å²) >= 11 is 0. The van der Waals surface area contributed by atoms with Crippen molar-refractivity contribution in [1.82, 2.24) is 0 Å². The minimum Gasteiger partial charge on any atom is -0.398 e. The van der Waals surface area contributed by atoms with Crippen molar-refractivity contribution in [2.75, 3.05) is 17.7 Å². The molecule has 0 bridgehead atoms. The molecule has 0 aliphatic rings. The molecule has 0 saturated carbocycles. The van der Waals surface area contributed by atoms with Gasteiger partial charge in [-0.3, -0.25) is 4.79 Å². The van der Waals surface area contributed by atoms with Gasteiger partial charge in [0.05, 0.1) is 11.3 Å². The summed E-state index contributed by atoms with van der Waals surface area (Å²) < 4.78 is 13.6. The number of amides is 1. The lowest BCUT2D eigenvalue weighted by Crippen LogP contribution is -2.27. The van der Waals surface area contributed by atoms with Crippen molar-refractivity contribution in [2.45, 2.75) is 0 Å². The first kappa shape index (κ1) is 12.1. The quantitative estimate of drug-likeness (QED) is 0.825. The lowest BCUT2D eigenvalue weighted by atomic mass is 10.1. The van der Waals surface area contributed by atoms with Crippen LogP contribution >= 0.6 is 0 Å². The van der Waals surface area contributed by atoms with Crippen molar-refractivity contribution in [2.24, 2.45) is 0 Å². The van der Waals surface area contributed by atoms with Gasteiger partial charge in [0, 0.05) is 12.7 Å². The molecule has 0 fully saturated rings. The lowest BCUT2D eigenvalue weighted by Gasteiger charge is -2.18. The van der Waals surface area contributed by atoms with Crippen molar-refractivity contribution in [3.63, 3.8) is 0 Å². The van der Waals surface area contributed by atoms with Crippen LogP contribution in [0.4, 0.5) is 15.8 Å². The van der Waals surface area contributed by atoms with Gasteiger partial charge in [0.15, 0.2) is 0 Å². The Morgan fingerprint density at radius 2 is 1.72 bits per heavy atom. The Balaban J connectivity index is 2.36. The van der Waals surface area contributed by atoms with Gasteiger partial charge in [-0.15, -0.1) is 0 Å². The number of nitrogens with zero attached hydrogens (tertiary/aromatic N) is 1. The zero-order valence-electron chi connectivity index (χ0n) is 9.93. The Bertz CT molecular complexity index is 584. The van der Waals surface area contributed by atoms with Crippen LogP contribution in [0.15, 0.2) is 48.5 Å². The molecule has 92 valence electrons. The Labute approximate surface area is 105 Å². The first-order valence-electron chi connectivity index (χ1n) is 5.48. The smallest absolute Gasteiger partial charge is 0.260 e. The number of rotatable bonds is 2. The fourth-order valence-electron chi connectivity index (χ4n) is 1.71. The van der Waals surface area contributed by atoms with Crippen LogP contribution in [0.3, 0.4) is 0 Å². The summed E-state index contributed by atoms with van der Waals surface area (Å²) in [6.07, 6.45) is 0. The van der Waals surface area contributed by atoms with E-state index in [1.807, 2.05) is 0 Å². The van der Waals surface area contributed by atoms with Gasteiger partial charge in [-0.05, 0) is 24.3 Å². The van der Waals surface area contributed by atoms with E-state index in [9.17, 15) is 9.18 Å². The predicted molar refractivity (Wildman–Crippen MR) is 70.0 cm³/mol. The SMILES string of the molecule is CN(C(=O)c1ccccc1N)c1ccccc1F. The van der Waals surface area contributed by atoms with Crippen LogP contribution in [0.5, 0.6) is 0 Å². The van der Waals surface area contributed by atoms with Crippen LogP contribution in [0.1, 0.15) is 10.4 Å². The lowest BCUT2D eigenvalue weighted by molar-refractivity contribution is 0.0993. The molecule has 3 nitrogen and oxygen atoms in total. The number of benzene rings is 2. The van der Waals surface area contributed by atoms with Crippen LogP contribution in [0, 0.1) is 5.82 Å². The average Bonchev–Trinajstić information content (AvgIpc) is 2.38. The zero-order valence-corrected chi connectivity index (χ0v) is 9.93. The van der Waals surface area contributed by atoms with E-state index >= 15 is 0 Å². The summed E-state index contributed by atoms with van der Waals surface area (Å²) in [4.78, 5) is 13.4. The molecule has 2 rings (SSSR count). The third-order valence-corrected chi connectivity index (χ3v) is 2.71. The molecule has 0 saturated heterocycles. The van der Waals surface area contributed by atoms with Gasteiger partial charge < -0.3 is 10.6 Å². The van der Waals surface area contributed by atoms with Crippen LogP contribution < -0.4 is 10.6 Å². The van der Waals surface area contributed by atoms with Gasteiger partial charge in [0.1, 0.15) is 5.82 Å². The standard InChI is InChI=1S/C14H13FN2O/c1-17(13-9-5-3-7-11(13)15)14(18)10-6-2-4-8-12(10)16/h2-9H,16H2,1H3. The highest BCUT2D eigenvalue weighted by molar-refractivity contribution is 6.08. The summed E-state index contributed by atoms with van der Waals surface area (Å²) in [6, 6.07) is 12.8. The Morgan fingerprint density at radius 1 is 1.11 bits per heavy atom. The highest BCUT2D eigenvalue weighted by Gasteiger charge is 2.17. The molecular formula is C14H13FN2O. The summed E-state index contributed by atoms with van der Waals surface area (Å²) in [5, 5.41) is 0. The second-order valence-corrected chi connectivity index (χ2v) is 3.90. The molecule has 0 radical (unpaired) electrons. The Morgan fingerprint density at radius 3 is 2.39 bits per heavy atom. The highest BCUT2D eigenvalue weighted by Crippen LogP contribution is 2.21. The van der Waals surface area contributed by atoms with Gasteiger partial charge in [0.2, 0.25) is 0 Å². The topological polar surface area (TPSA) is 46.3 Å². The third-order valence-electron chi connectivity index (χ3n) is 2.71. The molecule has 0 heterocycles. The van der Waals surface area contributed by atoms with E-state index < -0.39 is 5.82 Å². The maximum Gasteiger partial charge on any atom is 0.260 e. The first-order valence-corrected chi connectivity index (χ1v) is 5.48. The highest BCUT2D eigenvalue weighted by atomic mass is 19.1. The number of hydrogen-bond donors (Lipinski definition) is 1. The second kappa shape index (κ2) is 4.87. The number of carbonyl (C=O) groups is 1. The van der Waals surface area contributed by atoms with Gasteiger partial charge in [0.25, 0.3) is 5.91 Å². The average molecular weight is 244 g/mol. The maximum absolute atomic E-state index is 13.6. The van der Waals surface area contributed by atoms with E-state index in [0.29, 0.717) is 11.3 Å². The zero-order chi connectivity index (χ0) is 13.1. The molecule has 0 unspecified atom stereocenters. The van der Waals surface area contributed by atoms with Crippen molar-refractivity contribution in [3.05, 3.63) is 59.9 Å². The minimum absolute atomic E-state index is 0.228. The summed E-state index contributed by atoms with van der Waals surface area (Å²) in [6.45, 7) is 0. The number of anilines is 2. The molecule has 0 atom stereocenters. The molecule has 2 aromatic carbocycles. The number of nitrogen functional groups attached to an aromatic ring is 1. The van der Waals surface area contributed by atoms with Crippen LogP contribution in [-0.2, 0) is 0 Å². The molecule has 4 heteroatoms. The maximum atomic E-state index is 13.6. The second-order valence-electron chi connectivity index (χ2n) is 3.90. The molecular weight excluding hydrogens is 231 g/mol. The van der Waals surface area contributed by atoms with Crippen LogP contribution in [0.2, 0.25) is 0 Å². The molecule has 18 heavy (non-hydrogen) atoms. The number of carbonyl (C=O) groups excluding carboxylic acids is 1. The van der Waals surface area contributed by atoms with Crippen molar-refractivity contribution < 1.29 is 9.18 Å². The fraction of sp³-hybridized carbons (Fsp3) is 0.0714.